The Morgan fingerprint density at radius 3 is 2.77 bits per heavy atom. The van der Waals surface area contributed by atoms with Crippen molar-refractivity contribution in [2.45, 2.75) is 13.5 Å². The Bertz CT molecular complexity index is 1560. The molecule has 4 aromatic heterocycles. The first-order valence-electron chi connectivity index (χ1n) is 13.5. The van der Waals surface area contributed by atoms with Gasteiger partial charge in [-0.15, -0.1) is 10.2 Å². The minimum atomic E-state index is -2.74. The molecule has 0 saturated carbocycles. The number of pyridine rings is 2. The molecule has 4 aromatic rings. The molecule has 14 nitrogen and oxygen atoms in total. The highest BCUT2D eigenvalue weighted by molar-refractivity contribution is 5.98. The smallest absolute Gasteiger partial charge is 0.273 e. The average Bonchev–Trinajstić information content (AvgIpc) is 3.41. The molecule has 1 amide bonds. The van der Waals surface area contributed by atoms with Crippen LogP contribution in [0.4, 0.5) is 23.1 Å². The maximum absolute atomic E-state index is 12.9. The van der Waals surface area contributed by atoms with Gasteiger partial charge in [-0.25, -0.2) is 9.97 Å². The summed E-state index contributed by atoms with van der Waals surface area (Å²) in [5.74, 6) is 0.922. The van der Waals surface area contributed by atoms with Crippen molar-refractivity contribution in [3.05, 3.63) is 53.8 Å². The fourth-order valence-electron chi connectivity index (χ4n) is 3.94. The quantitative estimate of drug-likeness (QED) is 0.286. The second-order valence-corrected chi connectivity index (χ2v) is 8.56. The zero-order chi connectivity index (χ0) is 29.7. The van der Waals surface area contributed by atoms with Crippen molar-refractivity contribution >= 4 is 29.0 Å². The Balaban J connectivity index is 1.46. The van der Waals surface area contributed by atoms with Crippen LogP contribution in [0.15, 0.2) is 41.2 Å². The lowest BCUT2D eigenvalue weighted by Gasteiger charge is -2.24. The molecule has 39 heavy (non-hydrogen) atoms. The van der Waals surface area contributed by atoms with E-state index < -0.39 is 12.9 Å². The van der Waals surface area contributed by atoms with Crippen LogP contribution in [0.2, 0.25) is 0 Å². The molecule has 1 fully saturated rings. The molecule has 0 unspecified atom stereocenters. The zero-order valence-electron chi connectivity index (χ0n) is 24.3. The molecule has 0 radical (unpaired) electrons. The van der Waals surface area contributed by atoms with E-state index in [9.17, 15) is 4.79 Å². The molecule has 0 spiro atoms. The normalized spacial score (nSPS) is 15.1. The van der Waals surface area contributed by atoms with E-state index in [-0.39, 0.29) is 34.6 Å². The summed E-state index contributed by atoms with van der Waals surface area (Å²) in [6.07, 6.45) is 3.14. The maximum atomic E-state index is 12.9. The fraction of sp³-hybridized carbons (Fsp3) is 0.320. The Labute approximate surface area is 228 Å². The van der Waals surface area contributed by atoms with Crippen LogP contribution < -0.4 is 20.7 Å². The number of morpholine rings is 1. The Hall–Kier alpha value is -4.69. The number of hydrogen-bond donors (Lipinski definition) is 3. The molecule has 1 saturated heterocycles. The lowest BCUT2D eigenvalue weighted by atomic mass is 10.2. The van der Waals surface area contributed by atoms with Crippen LogP contribution >= 0.6 is 0 Å². The topological polar surface area (TPSA) is 165 Å². The molecular formula is C25H28N10O4. The Morgan fingerprint density at radius 2 is 1.97 bits per heavy atom. The van der Waals surface area contributed by atoms with Gasteiger partial charge in [-0.3, -0.25) is 9.69 Å². The van der Waals surface area contributed by atoms with Gasteiger partial charge in [-0.1, -0.05) is 5.16 Å². The minimum Gasteiger partial charge on any atom is -0.492 e. The molecule has 1 aliphatic rings. The van der Waals surface area contributed by atoms with E-state index in [1.54, 1.807) is 18.3 Å². The number of carbonyl (C=O) groups is 1. The van der Waals surface area contributed by atoms with Gasteiger partial charge < -0.3 is 29.9 Å². The highest BCUT2D eigenvalue weighted by Crippen LogP contribution is 2.36. The van der Waals surface area contributed by atoms with E-state index in [2.05, 4.69) is 45.8 Å². The van der Waals surface area contributed by atoms with E-state index in [1.807, 2.05) is 18.3 Å². The number of hydrogen-bond acceptors (Lipinski definition) is 13. The number of anilines is 4. The van der Waals surface area contributed by atoms with Crippen molar-refractivity contribution in [2.24, 2.45) is 0 Å². The van der Waals surface area contributed by atoms with Crippen LogP contribution in [-0.2, 0) is 11.3 Å². The maximum Gasteiger partial charge on any atom is 0.273 e. The summed E-state index contributed by atoms with van der Waals surface area (Å²) in [7, 11) is 1.45. The van der Waals surface area contributed by atoms with Gasteiger partial charge in [0, 0.05) is 42.6 Å². The van der Waals surface area contributed by atoms with E-state index in [4.69, 9.17) is 18.1 Å². The second kappa shape index (κ2) is 11.8. The van der Waals surface area contributed by atoms with Gasteiger partial charge in [0.2, 0.25) is 11.7 Å². The summed E-state index contributed by atoms with van der Waals surface area (Å²) in [6, 6.07) is 6.79. The predicted molar refractivity (Wildman–Crippen MR) is 141 cm³/mol. The van der Waals surface area contributed by atoms with Crippen molar-refractivity contribution in [3.8, 4) is 17.1 Å². The Kier molecular flexibility index (Phi) is 6.74. The van der Waals surface area contributed by atoms with Gasteiger partial charge in [-0.2, -0.15) is 4.98 Å². The van der Waals surface area contributed by atoms with Crippen molar-refractivity contribution in [2.75, 3.05) is 51.0 Å². The van der Waals surface area contributed by atoms with E-state index in [0.29, 0.717) is 37.0 Å². The highest BCUT2D eigenvalue weighted by Gasteiger charge is 2.22. The van der Waals surface area contributed by atoms with Gasteiger partial charge >= 0.3 is 0 Å². The minimum absolute atomic E-state index is 0.103. The third-order valence-electron chi connectivity index (χ3n) is 5.83. The number of carbonyl (C=O) groups excluding carboxylic acids is 1. The summed E-state index contributed by atoms with van der Waals surface area (Å²) in [5, 5.41) is 20.1. The van der Waals surface area contributed by atoms with Gasteiger partial charge in [0.05, 0.1) is 38.1 Å². The summed E-state index contributed by atoms with van der Waals surface area (Å²) >= 11 is 0. The molecule has 1 aliphatic heterocycles. The van der Waals surface area contributed by atoms with Gasteiger partial charge in [0.25, 0.3) is 5.91 Å². The molecule has 5 heterocycles. The number of methoxy groups -OCH3 is 1. The van der Waals surface area contributed by atoms with Crippen molar-refractivity contribution < 1.29 is 22.9 Å². The molecule has 202 valence electrons. The summed E-state index contributed by atoms with van der Waals surface area (Å²) in [5.41, 5.74) is 1.26. The molecule has 0 bridgehead atoms. The third kappa shape index (κ3) is 6.08. The van der Waals surface area contributed by atoms with Crippen LogP contribution in [-0.4, -0.2) is 81.5 Å². The largest absolute Gasteiger partial charge is 0.492 e. The highest BCUT2D eigenvalue weighted by atomic mass is 16.5. The molecule has 3 N–H and O–H groups in total. The van der Waals surface area contributed by atoms with Gasteiger partial charge in [0.15, 0.2) is 23.1 Å². The van der Waals surface area contributed by atoms with Gasteiger partial charge in [0.1, 0.15) is 5.82 Å². The SMILES string of the molecule is [2H]C([2H])([2H])NC(=O)c1nnc(Nc2cc(C)ccn2)cc1Nc1nccc(-c2noc(CN3CCOCC3)n2)c1OC. The third-order valence-corrected chi connectivity index (χ3v) is 5.83. The summed E-state index contributed by atoms with van der Waals surface area (Å²) in [4.78, 5) is 28.1. The lowest BCUT2D eigenvalue weighted by Crippen LogP contribution is -2.35. The van der Waals surface area contributed by atoms with Crippen molar-refractivity contribution in [1.29, 1.82) is 0 Å². The molecule has 0 atom stereocenters. The summed E-state index contributed by atoms with van der Waals surface area (Å²) < 4.78 is 38.8. The number of rotatable bonds is 9. The number of aromatic nitrogens is 6. The molecule has 14 heteroatoms. The first-order valence-corrected chi connectivity index (χ1v) is 12.0. The van der Waals surface area contributed by atoms with Gasteiger partial charge in [-0.05, 0) is 30.7 Å². The second-order valence-electron chi connectivity index (χ2n) is 8.56. The number of ether oxygens (including phenoxy) is 2. The summed E-state index contributed by atoms with van der Waals surface area (Å²) in [6.45, 7) is 2.45. The van der Waals surface area contributed by atoms with Crippen molar-refractivity contribution in [1.82, 2.24) is 40.5 Å². The number of nitrogens with zero attached hydrogens (tertiary/aromatic N) is 7. The molecule has 0 aromatic carbocycles. The average molecular weight is 536 g/mol. The lowest BCUT2D eigenvalue weighted by molar-refractivity contribution is 0.0297. The van der Waals surface area contributed by atoms with Crippen LogP contribution in [0, 0.1) is 6.92 Å². The van der Waals surface area contributed by atoms with Crippen LogP contribution in [0.1, 0.15) is 26.1 Å². The first-order chi connectivity index (χ1) is 20.2. The van der Waals surface area contributed by atoms with E-state index in [1.165, 1.54) is 19.4 Å². The van der Waals surface area contributed by atoms with E-state index >= 15 is 0 Å². The molecular weight excluding hydrogens is 504 g/mol. The number of amides is 1. The monoisotopic (exact) mass is 535 g/mol. The van der Waals surface area contributed by atoms with Crippen LogP contribution in [0.25, 0.3) is 11.4 Å². The first kappa shape index (κ1) is 22.3. The standard InChI is InChI=1S/C25H28N10O4/c1-15-4-6-27-18(12-15)30-19-13-17(21(33-32-19)25(36)26-2)29-24-22(37-3)16(5-7-28-24)23-31-20(39-34-23)14-35-8-10-38-11-9-35/h4-7,12-13H,8-11,14H2,1-3H3,(H,26,36)(H2,27,28,29,30,32)/i2D3. The molecule has 0 aliphatic carbocycles. The predicted octanol–water partition coefficient (Wildman–Crippen LogP) is 2.31. The van der Waals surface area contributed by atoms with Crippen LogP contribution in [0.5, 0.6) is 5.75 Å². The number of nitrogens with one attached hydrogen (secondary N) is 3. The number of aryl methyl sites for hydroxylation is 1. The zero-order valence-corrected chi connectivity index (χ0v) is 21.3. The van der Waals surface area contributed by atoms with Crippen molar-refractivity contribution in [3.63, 3.8) is 0 Å². The Morgan fingerprint density at radius 1 is 1.13 bits per heavy atom. The fourth-order valence-corrected chi connectivity index (χ4v) is 3.94. The van der Waals surface area contributed by atoms with E-state index in [0.717, 1.165) is 18.7 Å². The molecule has 5 rings (SSSR count). The van der Waals surface area contributed by atoms with Crippen LogP contribution in [0.3, 0.4) is 0 Å².